The summed E-state index contributed by atoms with van der Waals surface area (Å²) in [6.07, 6.45) is 3.68. The first-order valence-electron chi connectivity index (χ1n) is 6.65. The third kappa shape index (κ3) is 8.09. The summed E-state index contributed by atoms with van der Waals surface area (Å²) in [5, 5.41) is 0. The zero-order chi connectivity index (χ0) is 13.8. The topological polar surface area (TPSA) is 21.7 Å². The molecule has 0 spiro atoms. The number of nitrogens with zero attached hydrogens (tertiary/aromatic N) is 1. The van der Waals surface area contributed by atoms with Gasteiger partial charge < -0.3 is 9.47 Å². The van der Waals surface area contributed by atoms with Crippen LogP contribution in [0.3, 0.4) is 0 Å². The van der Waals surface area contributed by atoms with Gasteiger partial charge in [-0.15, -0.1) is 0 Å². The van der Waals surface area contributed by atoms with Gasteiger partial charge in [-0.25, -0.2) is 0 Å². The number of morpholine rings is 1. The second-order valence-corrected chi connectivity index (χ2v) is 3.86. The third-order valence-electron chi connectivity index (χ3n) is 2.51. The lowest BCUT2D eigenvalue weighted by Gasteiger charge is -2.26. The van der Waals surface area contributed by atoms with E-state index in [4.69, 9.17) is 9.47 Å². The van der Waals surface area contributed by atoms with Crippen LogP contribution in [0.15, 0.2) is 36.6 Å². The van der Waals surface area contributed by atoms with E-state index in [9.17, 15) is 0 Å². The summed E-state index contributed by atoms with van der Waals surface area (Å²) >= 11 is 0. The quantitative estimate of drug-likeness (QED) is 0.536. The molecule has 1 fully saturated rings. The lowest BCUT2D eigenvalue weighted by atomic mass is 10.3. The van der Waals surface area contributed by atoms with Crippen molar-refractivity contribution in [1.82, 2.24) is 4.90 Å². The van der Waals surface area contributed by atoms with Crippen LogP contribution < -0.4 is 0 Å². The van der Waals surface area contributed by atoms with Crippen LogP contribution >= 0.6 is 0 Å². The van der Waals surface area contributed by atoms with Gasteiger partial charge in [-0.3, -0.25) is 4.90 Å². The first-order chi connectivity index (χ1) is 8.72. The molecule has 18 heavy (non-hydrogen) atoms. The maximum atomic E-state index is 5.52. The third-order valence-corrected chi connectivity index (χ3v) is 2.51. The van der Waals surface area contributed by atoms with Gasteiger partial charge in [-0.1, -0.05) is 33.1 Å². The molecule has 1 rings (SSSR count). The van der Waals surface area contributed by atoms with Crippen molar-refractivity contribution in [1.29, 1.82) is 0 Å². The van der Waals surface area contributed by atoms with Crippen LogP contribution in [0.2, 0.25) is 0 Å². The maximum Gasteiger partial charge on any atom is 0.112 e. The highest BCUT2D eigenvalue weighted by molar-refractivity contribution is 5.22. The van der Waals surface area contributed by atoms with E-state index in [2.05, 4.69) is 18.1 Å². The van der Waals surface area contributed by atoms with E-state index in [-0.39, 0.29) is 0 Å². The molecule has 0 unspecified atom stereocenters. The monoisotopic (exact) mass is 253 g/mol. The fourth-order valence-corrected chi connectivity index (χ4v) is 1.49. The van der Waals surface area contributed by atoms with E-state index in [0.29, 0.717) is 12.4 Å². The highest BCUT2D eigenvalue weighted by atomic mass is 16.5. The SMILES string of the molecule is C=C/C(C)=C\C(=C)OCCN1CCOCC1.CC. The van der Waals surface area contributed by atoms with Gasteiger partial charge in [0.25, 0.3) is 0 Å². The number of allylic oxidation sites excluding steroid dienone is 3. The Morgan fingerprint density at radius 1 is 1.33 bits per heavy atom. The van der Waals surface area contributed by atoms with Crippen molar-refractivity contribution in [2.45, 2.75) is 20.8 Å². The molecule has 0 aromatic heterocycles. The summed E-state index contributed by atoms with van der Waals surface area (Å²) < 4.78 is 10.8. The normalized spacial score (nSPS) is 16.5. The molecule has 0 N–H and O–H groups in total. The molecule has 0 aliphatic carbocycles. The molecular formula is C15H27NO2. The largest absolute Gasteiger partial charge is 0.493 e. The van der Waals surface area contributed by atoms with Crippen LogP contribution in [0.25, 0.3) is 0 Å². The summed E-state index contributed by atoms with van der Waals surface area (Å²) in [6, 6.07) is 0. The minimum Gasteiger partial charge on any atom is -0.493 e. The number of hydrogen-bond donors (Lipinski definition) is 0. The second kappa shape index (κ2) is 11.1. The summed E-state index contributed by atoms with van der Waals surface area (Å²) in [5.41, 5.74) is 1.07. The molecule has 1 aliphatic heterocycles. The predicted molar refractivity (Wildman–Crippen MR) is 77.7 cm³/mol. The molecule has 0 radical (unpaired) electrons. The smallest absolute Gasteiger partial charge is 0.112 e. The molecule has 1 saturated heterocycles. The predicted octanol–water partition coefficient (Wildman–Crippen LogP) is 3.01. The number of rotatable bonds is 6. The van der Waals surface area contributed by atoms with Crippen molar-refractivity contribution in [2.24, 2.45) is 0 Å². The molecule has 3 heteroatoms. The van der Waals surface area contributed by atoms with Gasteiger partial charge in [0.2, 0.25) is 0 Å². The summed E-state index contributed by atoms with van der Waals surface area (Å²) in [6.45, 7) is 18.8. The van der Waals surface area contributed by atoms with E-state index in [0.717, 1.165) is 38.4 Å². The van der Waals surface area contributed by atoms with E-state index >= 15 is 0 Å². The molecule has 0 aromatic rings. The van der Waals surface area contributed by atoms with Crippen LogP contribution in [0.4, 0.5) is 0 Å². The molecule has 3 nitrogen and oxygen atoms in total. The summed E-state index contributed by atoms with van der Waals surface area (Å²) in [7, 11) is 0. The average Bonchev–Trinajstić information content (AvgIpc) is 2.42. The van der Waals surface area contributed by atoms with E-state index < -0.39 is 0 Å². The minimum absolute atomic E-state index is 0.680. The average molecular weight is 253 g/mol. The van der Waals surface area contributed by atoms with Gasteiger partial charge in [-0.05, 0) is 18.6 Å². The van der Waals surface area contributed by atoms with E-state index in [1.807, 2.05) is 26.8 Å². The summed E-state index contributed by atoms with van der Waals surface area (Å²) in [4.78, 5) is 2.33. The Bertz CT molecular complexity index is 266. The Morgan fingerprint density at radius 2 is 1.94 bits per heavy atom. The molecular weight excluding hydrogens is 226 g/mol. The van der Waals surface area contributed by atoms with Gasteiger partial charge in [0, 0.05) is 19.6 Å². The Morgan fingerprint density at radius 3 is 2.50 bits per heavy atom. The van der Waals surface area contributed by atoms with Crippen molar-refractivity contribution in [3.8, 4) is 0 Å². The fraction of sp³-hybridized carbons (Fsp3) is 0.600. The highest BCUT2D eigenvalue weighted by Crippen LogP contribution is 2.03. The van der Waals surface area contributed by atoms with E-state index in [1.54, 1.807) is 6.08 Å². The van der Waals surface area contributed by atoms with Crippen LogP contribution in [-0.2, 0) is 9.47 Å². The minimum atomic E-state index is 0.680. The molecule has 1 aliphatic rings. The Balaban J connectivity index is 0.00000137. The van der Waals surface area contributed by atoms with Crippen LogP contribution in [0.1, 0.15) is 20.8 Å². The van der Waals surface area contributed by atoms with Gasteiger partial charge in [0.05, 0.1) is 13.2 Å². The van der Waals surface area contributed by atoms with E-state index in [1.165, 1.54) is 0 Å². The fourth-order valence-electron chi connectivity index (χ4n) is 1.49. The molecule has 0 aromatic carbocycles. The van der Waals surface area contributed by atoms with Gasteiger partial charge in [0.15, 0.2) is 0 Å². The maximum absolute atomic E-state index is 5.52. The van der Waals surface area contributed by atoms with Gasteiger partial charge in [0.1, 0.15) is 12.4 Å². The lowest BCUT2D eigenvalue weighted by molar-refractivity contribution is 0.0282. The molecule has 0 bridgehead atoms. The van der Waals surface area contributed by atoms with Crippen molar-refractivity contribution >= 4 is 0 Å². The first-order valence-corrected chi connectivity index (χ1v) is 6.65. The lowest BCUT2D eigenvalue weighted by Crippen LogP contribution is -2.38. The van der Waals surface area contributed by atoms with Crippen LogP contribution in [0, 0.1) is 0 Å². The van der Waals surface area contributed by atoms with Crippen molar-refractivity contribution in [3.63, 3.8) is 0 Å². The summed E-state index contributed by atoms with van der Waals surface area (Å²) in [5.74, 6) is 0.700. The number of ether oxygens (including phenoxy) is 2. The van der Waals surface area contributed by atoms with Crippen LogP contribution in [0.5, 0.6) is 0 Å². The molecule has 104 valence electrons. The van der Waals surface area contributed by atoms with Crippen molar-refractivity contribution in [2.75, 3.05) is 39.5 Å². The molecule has 0 saturated carbocycles. The Hall–Kier alpha value is -1.06. The Labute approximate surface area is 112 Å². The molecule has 0 atom stereocenters. The van der Waals surface area contributed by atoms with Crippen molar-refractivity contribution < 1.29 is 9.47 Å². The zero-order valence-electron chi connectivity index (χ0n) is 12.1. The van der Waals surface area contributed by atoms with Gasteiger partial charge >= 0.3 is 0 Å². The number of hydrogen-bond acceptors (Lipinski definition) is 3. The van der Waals surface area contributed by atoms with Crippen molar-refractivity contribution in [3.05, 3.63) is 36.6 Å². The van der Waals surface area contributed by atoms with Crippen LogP contribution in [-0.4, -0.2) is 44.4 Å². The van der Waals surface area contributed by atoms with Gasteiger partial charge in [-0.2, -0.15) is 0 Å². The highest BCUT2D eigenvalue weighted by Gasteiger charge is 2.09. The standard InChI is InChI=1S/C13H21NO2.C2H6/c1-4-12(2)11-13(3)16-10-7-14-5-8-15-9-6-14;1-2/h4,11H,1,3,5-10H2,2H3;1-2H3/b12-11-;. The Kier molecular flexibility index (Phi) is 10.4. The second-order valence-electron chi connectivity index (χ2n) is 3.86. The molecule has 1 heterocycles. The molecule has 0 amide bonds. The first kappa shape index (κ1) is 16.9. The zero-order valence-corrected chi connectivity index (χ0v) is 12.1.